The zero-order valence-corrected chi connectivity index (χ0v) is 25.9. The van der Waals surface area contributed by atoms with Gasteiger partial charge in [-0.15, -0.1) is 0 Å². The topological polar surface area (TPSA) is 91.2 Å². The van der Waals surface area contributed by atoms with E-state index in [1.54, 1.807) is 6.33 Å². The van der Waals surface area contributed by atoms with Crippen LogP contribution in [-0.2, 0) is 22.5 Å². The van der Waals surface area contributed by atoms with Gasteiger partial charge in [-0.2, -0.15) is 9.97 Å². The van der Waals surface area contributed by atoms with Gasteiger partial charge in [0.1, 0.15) is 5.75 Å². The third-order valence-corrected chi connectivity index (χ3v) is 8.11. The first-order valence-corrected chi connectivity index (χ1v) is 15.5. The average molecular weight is 620 g/mol. The van der Waals surface area contributed by atoms with Crippen molar-refractivity contribution in [1.82, 2.24) is 19.5 Å². The SMILES string of the molecule is COC(=O)C[C@H](Cc1ccccc1)Nc1nc(Oc2cccc3ccccc23)nc2c1ncn2Cc1ccc(-c2ccccc2)cc1. The van der Waals surface area contributed by atoms with E-state index in [0.717, 1.165) is 27.5 Å². The van der Waals surface area contributed by atoms with E-state index in [-0.39, 0.29) is 24.4 Å². The van der Waals surface area contributed by atoms with Crippen LogP contribution >= 0.6 is 0 Å². The number of nitrogens with zero attached hydrogens (tertiary/aromatic N) is 4. The van der Waals surface area contributed by atoms with Crippen LogP contribution in [0.25, 0.3) is 33.1 Å². The summed E-state index contributed by atoms with van der Waals surface area (Å²) in [7, 11) is 1.40. The molecule has 0 aliphatic rings. The molecule has 47 heavy (non-hydrogen) atoms. The Morgan fingerprint density at radius 1 is 0.766 bits per heavy atom. The largest absolute Gasteiger partial charge is 0.469 e. The highest BCUT2D eigenvalue weighted by Crippen LogP contribution is 2.31. The molecular weight excluding hydrogens is 586 g/mol. The minimum Gasteiger partial charge on any atom is -0.469 e. The van der Waals surface area contributed by atoms with Gasteiger partial charge in [0.05, 0.1) is 26.4 Å². The normalized spacial score (nSPS) is 11.8. The molecule has 0 saturated heterocycles. The lowest BCUT2D eigenvalue weighted by molar-refractivity contribution is -0.140. The van der Waals surface area contributed by atoms with Crippen molar-refractivity contribution in [3.05, 3.63) is 145 Å². The molecule has 0 saturated carbocycles. The molecule has 0 radical (unpaired) electrons. The number of hydrogen-bond donors (Lipinski definition) is 1. The molecule has 0 amide bonds. The molecule has 8 nitrogen and oxygen atoms in total. The van der Waals surface area contributed by atoms with Crippen molar-refractivity contribution in [2.24, 2.45) is 0 Å². The van der Waals surface area contributed by atoms with E-state index in [9.17, 15) is 4.79 Å². The monoisotopic (exact) mass is 619 g/mol. The molecule has 2 heterocycles. The maximum Gasteiger partial charge on any atom is 0.326 e. The van der Waals surface area contributed by atoms with Crippen LogP contribution in [0.15, 0.2) is 134 Å². The Bertz CT molecular complexity index is 2130. The number of benzene rings is 5. The Balaban J connectivity index is 1.26. The van der Waals surface area contributed by atoms with Crippen molar-refractivity contribution < 1.29 is 14.3 Å². The standard InChI is InChI=1S/C39H33N5O3/c1-46-35(45)24-32(23-27-11-4-2-5-12-27)41-37-36-38(43-39(42-37)47-34-18-10-16-31-15-8-9-17-33(31)34)44(26-40-36)25-28-19-21-30(22-20-28)29-13-6-3-7-14-29/h2-22,26,32H,23-25H2,1H3,(H,41,42,43)/t32-/m0/s1. The van der Waals surface area contributed by atoms with Crippen LogP contribution in [0.5, 0.6) is 11.8 Å². The average Bonchev–Trinajstić information content (AvgIpc) is 3.52. The molecule has 7 aromatic rings. The predicted octanol–water partition coefficient (Wildman–Crippen LogP) is 8.07. The summed E-state index contributed by atoms with van der Waals surface area (Å²) in [5.74, 6) is 0.806. The van der Waals surface area contributed by atoms with Gasteiger partial charge in [0.15, 0.2) is 17.0 Å². The molecule has 0 aliphatic heterocycles. The van der Waals surface area contributed by atoms with Gasteiger partial charge >= 0.3 is 12.0 Å². The lowest BCUT2D eigenvalue weighted by Gasteiger charge is -2.19. The zero-order chi connectivity index (χ0) is 32.0. The fourth-order valence-electron chi connectivity index (χ4n) is 5.75. The summed E-state index contributed by atoms with van der Waals surface area (Å²) >= 11 is 0. The van der Waals surface area contributed by atoms with E-state index >= 15 is 0 Å². The first-order chi connectivity index (χ1) is 23.1. The van der Waals surface area contributed by atoms with Crippen LogP contribution in [0.1, 0.15) is 17.5 Å². The number of rotatable bonds is 11. The van der Waals surface area contributed by atoms with E-state index in [0.29, 0.717) is 35.7 Å². The summed E-state index contributed by atoms with van der Waals surface area (Å²) in [6.07, 6.45) is 2.49. The molecule has 0 spiro atoms. The van der Waals surface area contributed by atoms with E-state index < -0.39 is 0 Å². The molecule has 0 unspecified atom stereocenters. The predicted molar refractivity (Wildman–Crippen MR) is 185 cm³/mol. The molecule has 5 aromatic carbocycles. The van der Waals surface area contributed by atoms with Gasteiger partial charge in [-0.05, 0) is 40.1 Å². The number of nitrogens with one attached hydrogen (secondary N) is 1. The summed E-state index contributed by atoms with van der Waals surface area (Å²) < 4.78 is 13.4. The number of aromatic nitrogens is 4. The summed E-state index contributed by atoms with van der Waals surface area (Å²) in [4.78, 5) is 26.9. The number of imidazole rings is 1. The molecule has 0 fully saturated rings. The van der Waals surface area contributed by atoms with Crippen molar-refractivity contribution in [3.8, 4) is 22.9 Å². The second-order valence-corrected chi connectivity index (χ2v) is 11.4. The summed E-state index contributed by atoms with van der Waals surface area (Å²) in [5, 5.41) is 5.50. The minimum absolute atomic E-state index is 0.144. The molecule has 8 heteroatoms. The van der Waals surface area contributed by atoms with Crippen molar-refractivity contribution in [1.29, 1.82) is 0 Å². The number of esters is 1. The van der Waals surface area contributed by atoms with E-state index in [2.05, 4.69) is 41.7 Å². The smallest absolute Gasteiger partial charge is 0.326 e. The third kappa shape index (κ3) is 6.82. The second kappa shape index (κ2) is 13.5. The first-order valence-electron chi connectivity index (χ1n) is 15.5. The Morgan fingerprint density at radius 2 is 1.47 bits per heavy atom. The van der Waals surface area contributed by atoms with Crippen molar-refractivity contribution in [2.75, 3.05) is 12.4 Å². The number of fused-ring (bicyclic) bond motifs is 2. The van der Waals surface area contributed by atoms with Crippen LogP contribution in [0.3, 0.4) is 0 Å². The van der Waals surface area contributed by atoms with Gasteiger partial charge in [-0.1, -0.05) is 121 Å². The Hall–Kier alpha value is -6.02. The lowest BCUT2D eigenvalue weighted by Crippen LogP contribution is -2.27. The number of anilines is 1. The maximum absolute atomic E-state index is 12.5. The quantitative estimate of drug-likeness (QED) is 0.146. The van der Waals surface area contributed by atoms with Gasteiger partial charge in [-0.25, -0.2) is 4.98 Å². The highest BCUT2D eigenvalue weighted by molar-refractivity contribution is 5.89. The van der Waals surface area contributed by atoms with E-state index in [1.807, 2.05) is 95.6 Å². The van der Waals surface area contributed by atoms with E-state index in [1.165, 1.54) is 12.7 Å². The Labute approximate surface area is 272 Å². The Morgan fingerprint density at radius 3 is 2.26 bits per heavy atom. The summed E-state index contributed by atoms with van der Waals surface area (Å²) in [6, 6.07) is 42.6. The van der Waals surface area contributed by atoms with Gasteiger partial charge < -0.3 is 19.4 Å². The second-order valence-electron chi connectivity index (χ2n) is 11.4. The van der Waals surface area contributed by atoms with Crippen LogP contribution < -0.4 is 10.1 Å². The third-order valence-electron chi connectivity index (χ3n) is 8.11. The number of methoxy groups -OCH3 is 1. The van der Waals surface area contributed by atoms with E-state index in [4.69, 9.17) is 24.4 Å². The molecule has 0 bridgehead atoms. The van der Waals surface area contributed by atoms with Crippen LogP contribution in [0.2, 0.25) is 0 Å². The first kappa shape index (κ1) is 29.7. The summed E-state index contributed by atoms with van der Waals surface area (Å²) in [6.45, 7) is 0.547. The lowest BCUT2D eigenvalue weighted by atomic mass is 10.0. The summed E-state index contributed by atoms with van der Waals surface area (Å²) in [5.41, 5.74) is 5.69. The molecule has 2 aromatic heterocycles. The fourth-order valence-corrected chi connectivity index (χ4v) is 5.75. The van der Waals surface area contributed by atoms with Crippen LogP contribution in [-0.4, -0.2) is 38.6 Å². The fraction of sp³-hybridized carbons (Fsp3) is 0.128. The van der Waals surface area contributed by atoms with Gasteiger partial charge in [0.25, 0.3) is 0 Å². The molecule has 232 valence electrons. The van der Waals surface area contributed by atoms with Crippen LogP contribution in [0, 0.1) is 0 Å². The van der Waals surface area contributed by atoms with Crippen molar-refractivity contribution in [2.45, 2.75) is 25.4 Å². The maximum atomic E-state index is 12.5. The highest BCUT2D eigenvalue weighted by atomic mass is 16.5. The molecule has 1 N–H and O–H groups in total. The van der Waals surface area contributed by atoms with Crippen molar-refractivity contribution >= 4 is 33.7 Å². The van der Waals surface area contributed by atoms with Gasteiger partial charge in [0.2, 0.25) is 0 Å². The minimum atomic E-state index is -0.319. The zero-order valence-electron chi connectivity index (χ0n) is 25.9. The molecule has 1 atom stereocenters. The number of carbonyl (C=O) groups is 1. The number of hydrogen-bond acceptors (Lipinski definition) is 7. The molecule has 7 rings (SSSR count). The number of ether oxygens (including phenoxy) is 2. The van der Waals surface area contributed by atoms with Gasteiger partial charge in [-0.3, -0.25) is 4.79 Å². The van der Waals surface area contributed by atoms with Gasteiger partial charge in [0, 0.05) is 11.4 Å². The molecule has 0 aliphatic carbocycles. The van der Waals surface area contributed by atoms with Crippen LogP contribution in [0.4, 0.5) is 5.82 Å². The number of carbonyl (C=O) groups excluding carboxylic acids is 1. The molecular formula is C39H33N5O3. The Kier molecular flexibility index (Phi) is 8.55. The highest BCUT2D eigenvalue weighted by Gasteiger charge is 2.21. The van der Waals surface area contributed by atoms with Crippen molar-refractivity contribution in [3.63, 3.8) is 0 Å².